The molecule has 0 aliphatic heterocycles. The molecule has 0 unspecified atom stereocenters. The van der Waals surface area contributed by atoms with Gasteiger partial charge in [0.25, 0.3) is 0 Å². The zero-order valence-corrected chi connectivity index (χ0v) is 8.19. The van der Waals surface area contributed by atoms with Crippen LogP contribution in [0.4, 0.5) is 11.4 Å². The lowest BCUT2D eigenvalue weighted by molar-refractivity contribution is 1.67. The molecule has 0 aliphatic carbocycles. The van der Waals surface area contributed by atoms with Gasteiger partial charge < -0.3 is 11.5 Å². The minimum absolute atomic E-state index is 0.646. The van der Waals surface area contributed by atoms with Gasteiger partial charge in [-0.1, -0.05) is 12.1 Å². The van der Waals surface area contributed by atoms with E-state index in [0.29, 0.717) is 11.4 Å². The smallest absolute Gasteiger partial charge is 0.124 e. The first-order valence-electron chi connectivity index (χ1n) is 3.63. The fraction of sp³-hybridized carbons (Fsp3) is 0.111. The number of nitrogen functional groups attached to an aromatic ring is 2. The monoisotopic (exact) mass is 176 g/mol. The summed E-state index contributed by atoms with van der Waals surface area (Å²) in [5.41, 5.74) is 12.1. The highest BCUT2D eigenvalue weighted by Crippen LogP contribution is 2.10. The predicted molar refractivity (Wildman–Crippen MR) is 56.0 cm³/mol. The third kappa shape index (κ3) is 4.84. The lowest BCUT2D eigenvalue weighted by atomic mass is 10.3. The van der Waals surface area contributed by atoms with Crippen LogP contribution in [0.15, 0.2) is 36.9 Å². The maximum Gasteiger partial charge on any atom is 0.124 e. The Bertz CT molecular complexity index is 215. The average Bonchev–Trinajstić information content (AvgIpc) is 2.11. The lowest BCUT2D eigenvalue weighted by Gasteiger charge is -1.94. The average molecular weight is 176 g/mol. The van der Waals surface area contributed by atoms with Gasteiger partial charge in [0.2, 0.25) is 0 Å². The SMILES string of the molecule is C=C[CH2][Al].Nc1ccccc1N. The Morgan fingerprint density at radius 3 is 1.75 bits per heavy atom. The molecule has 0 bridgehead atoms. The highest BCUT2D eigenvalue weighted by atomic mass is 27.0. The van der Waals surface area contributed by atoms with E-state index in [1.54, 1.807) is 12.1 Å². The number of allylic oxidation sites excluding steroid dienone is 1. The molecule has 3 heteroatoms. The molecule has 0 heterocycles. The number of anilines is 2. The van der Waals surface area contributed by atoms with Gasteiger partial charge in [0, 0.05) is 0 Å². The summed E-state index contributed by atoms with van der Waals surface area (Å²) in [5.74, 6) is 0. The second-order valence-electron chi connectivity index (χ2n) is 2.15. The van der Waals surface area contributed by atoms with Crippen molar-refractivity contribution in [1.82, 2.24) is 0 Å². The molecule has 0 atom stereocenters. The number of nitrogens with two attached hydrogens (primary N) is 2. The maximum atomic E-state index is 5.39. The molecule has 2 radical (unpaired) electrons. The molecule has 12 heavy (non-hydrogen) atoms. The van der Waals surface area contributed by atoms with Gasteiger partial charge in [0.1, 0.15) is 16.3 Å². The molecule has 0 aliphatic rings. The maximum absolute atomic E-state index is 5.39. The molecule has 4 N–H and O–H groups in total. The molecule has 1 aromatic rings. The second-order valence-corrected chi connectivity index (χ2v) is 2.62. The van der Waals surface area contributed by atoms with E-state index in [1.807, 2.05) is 18.2 Å². The highest BCUT2D eigenvalue weighted by Gasteiger charge is 1.85. The molecule has 0 saturated carbocycles. The summed E-state index contributed by atoms with van der Waals surface area (Å²) in [6.45, 7) is 3.46. The predicted octanol–water partition coefficient (Wildman–Crippen LogP) is 1.61. The van der Waals surface area contributed by atoms with Crippen LogP contribution in [0.25, 0.3) is 0 Å². The van der Waals surface area contributed by atoms with Gasteiger partial charge >= 0.3 is 0 Å². The Morgan fingerprint density at radius 2 is 1.58 bits per heavy atom. The number of hydrogen-bond donors (Lipinski definition) is 2. The van der Waals surface area contributed by atoms with Crippen LogP contribution in [0.2, 0.25) is 5.28 Å². The van der Waals surface area contributed by atoms with Crippen LogP contribution in [0, 0.1) is 0 Å². The van der Waals surface area contributed by atoms with Crippen molar-refractivity contribution >= 4 is 27.7 Å². The Hall–Kier alpha value is -0.908. The van der Waals surface area contributed by atoms with E-state index in [9.17, 15) is 0 Å². The topological polar surface area (TPSA) is 52.0 Å². The molecule has 62 valence electrons. The van der Waals surface area contributed by atoms with E-state index in [2.05, 4.69) is 22.9 Å². The van der Waals surface area contributed by atoms with Crippen molar-refractivity contribution in [3.8, 4) is 0 Å². The van der Waals surface area contributed by atoms with E-state index in [1.165, 1.54) is 0 Å². The first-order valence-corrected chi connectivity index (χ1v) is 4.45. The Labute approximate surface area is 81.7 Å². The minimum atomic E-state index is 0.646. The molecule has 0 aromatic heterocycles. The summed E-state index contributed by atoms with van der Waals surface area (Å²) in [6.07, 6.45) is 1.84. The van der Waals surface area contributed by atoms with Crippen LogP contribution in [-0.4, -0.2) is 16.3 Å². The molecular weight excluding hydrogens is 163 g/mol. The molecule has 0 spiro atoms. The number of rotatable bonds is 1. The first kappa shape index (κ1) is 11.1. The van der Waals surface area contributed by atoms with Crippen molar-refractivity contribution in [3.63, 3.8) is 0 Å². The number of hydrogen-bond acceptors (Lipinski definition) is 2. The van der Waals surface area contributed by atoms with Gasteiger partial charge in [-0.3, -0.25) is 0 Å². The summed E-state index contributed by atoms with van der Waals surface area (Å²) in [5, 5.41) is 1.00. The minimum Gasteiger partial charge on any atom is -0.397 e. The Kier molecular flexibility index (Phi) is 6.27. The van der Waals surface area contributed by atoms with E-state index in [4.69, 9.17) is 11.5 Å². The van der Waals surface area contributed by atoms with Crippen LogP contribution in [0.5, 0.6) is 0 Å². The van der Waals surface area contributed by atoms with Gasteiger partial charge in [0.15, 0.2) is 0 Å². The molecular formula is C9H13AlN2. The second kappa shape index (κ2) is 6.78. The summed E-state index contributed by atoms with van der Waals surface area (Å²) >= 11 is 2.54. The fourth-order valence-electron chi connectivity index (χ4n) is 0.511. The summed E-state index contributed by atoms with van der Waals surface area (Å²) in [6, 6.07) is 7.25. The molecule has 0 saturated heterocycles. The standard InChI is InChI=1S/C6H8N2.C3H5.Al/c7-5-3-1-2-4-6(5)8;1-3-2;/h1-4H,7-8H2;3H,1-2H2;. The third-order valence-corrected chi connectivity index (χ3v) is 1.50. The summed E-state index contributed by atoms with van der Waals surface area (Å²) in [4.78, 5) is 0. The van der Waals surface area contributed by atoms with Crippen molar-refractivity contribution < 1.29 is 0 Å². The normalized spacial score (nSPS) is 8.00. The van der Waals surface area contributed by atoms with Gasteiger partial charge in [-0.25, -0.2) is 0 Å². The fourth-order valence-corrected chi connectivity index (χ4v) is 0.511. The van der Waals surface area contributed by atoms with E-state index in [-0.39, 0.29) is 0 Å². The van der Waals surface area contributed by atoms with Crippen LogP contribution < -0.4 is 11.5 Å². The van der Waals surface area contributed by atoms with Crippen LogP contribution in [0.3, 0.4) is 0 Å². The third-order valence-electron chi connectivity index (χ3n) is 1.16. The Morgan fingerprint density at radius 1 is 1.25 bits per heavy atom. The molecule has 0 amide bonds. The van der Waals surface area contributed by atoms with Gasteiger partial charge in [-0.05, 0) is 12.1 Å². The molecule has 1 rings (SSSR count). The highest BCUT2D eigenvalue weighted by molar-refractivity contribution is 6.09. The van der Waals surface area contributed by atoms with Crippen molar-refractivity contribution in [1.29, 1.82) is 0 Å². The molecule has 1 aromatic carbocycles. The quantitative estimate of drug-likeness (QED) is 0.388. The largest absolute Gasteiger partial charge is 0.397 e. The summed E-state index contributed by atoms with van der Waals surface area (Å²) < 4.78 is 0. The van der Waals surface area contributed by atoms with E-state index >= 15 is 0 Å². The van der Waals surface area contributed by atoms with E-state index in [0.717, 1.165) is 5.28 Å². The summed E-state index contributed by atoms with van der Waals surface area (Å²) in [7, 11) is 0. The van der Waals surface area contributed by atoms with Crippen LogP contribution in [0.1, 0.15) is 0 Å². The lowest BCUT2D eigenvalue weighted by Crippen LogP contribution is -1.91. The zero-order valence-electron chi connectivity index (χ0n) is 7.03. The molecule has 0 fully saturated rings. The number of para-hydroxylation sites is 2. The van der Waals surface area contributed by atoms with E-state index < -0.39 is 0 Å². The Balaban J connectivity index is 0.000000261. The zero-order chi connectivity index (χ0) is 9.40. The van der Waals surface area contributed by atoms with Crippen LogP contribution in [-0.2, 0) is 0 Å². The van der Waals surface area contributed by atoms with Crippen LogP contribution >= 0.6 is 0 Å². The van der Waals surface area contributed by atoms with Gasteiger partial charge in [-0.2, -0.15) is 0 Å². The van der Waals surface area contributed by atoms with Crippen molar-refractivity contribution in [2.75, 3.05) is 11.5 Å². The first-order chi connectivity index (χ1) is 5.72. The van der Waals surface area contributed by atoms with Crippen molar-refractivity contribution in [3.05, 3.63) is 36.9 Å². The van der Waals surface area contributed by atoms with Gasteiger partial charge in [0.05, 0.1) is 11.4 Å². The van der Waals surface area contributed by atoms with Gasteiger partial charge in [-0.15, -0.1) is 17.9 Å². The molecule has 2 nitrogen and oxygen atoms in total. The van der Waals surface area contributed by atoms with Crippen molar-refractivity contribution in [2.24, 2.45) is 0 Å². The number of benzene rings is 1. The van der Waals surface area contributed by atoms with Crippen molar-refractivity contribution in [2.45, 2.75) is 5.28 Å².